The summed E-state index contributed by atoms with van der Waals surface area (Å²) in [4.78, 5) is 38.5. The van der Waals surface area contributed by atoms with E-state index in [-0.39, 0.29) is 30.9 Å². The molecule has 3 aromatic rings. The first-order valence-electron chi connectivity index (χ1n) is 11.2. The molecule has 2 aromatic carbocycles. The van der Waals surface area contributed by atoms with Crippen LogP contribution < -0.4 is 25.4 Å². The maximum Gasteiger partial charge on any atom is 0.255 e. The highest BCUT2D eigenvalue weighted by Gasteiger charge is 2.23. The Labute approximate surface area is 201 Å². The number of rotatable bonds is 3. The van der Waals surface area contributed by atoms with E-state index in [2.05, 4.69) is 16.0 Å². The molecule has 0 saturated carbocycles. The smallest absolute Gasteiger partial charge is 0.255 e. The van der Waals surface area contributed by atoms with Gasteiger partial charge in [-0.1, -0.05) is 18.2 Å². The Hall–Kier alpha value is -3.59. The summed E-state index contributed by atoms with van der Waals surface area (Å²) in [7, 11) is 1.54. The lowest BCUT2D eigenvalue weighted by molar-refractivity contribution is -0.123. The SMILES string of the molecule is COc1ccc2c(c1)OCCNC(=O)[C@@H](NC(=O)c1csc3ccccc13)CCCCNC2=O. The van der Waals surface area contributed by atoms with Gasteiger partial charge in [0.1, 0.15) is 24.1 Å². The van der Waals surface area contributed by atoms with Crippen LogP contribution in [0.1, 0.15) is 40.0 Å². The molecule has 0 bridgehead atoms. The Morgan fingerprint density at radius 2 is 1.97 bits per heavy atom. The normalized spacial score (nSPS) is 17.5. The summed E-state index contributed by atoms with van der Waals surface area (Å²) in [5.41, 5.74) is 0.978. The molecule has 0 spiro atoms. The van der Waals surface area contributed by atoms with Crippen LogP contribution in [0, 0.1) is 0 Å². The van der Waals surface area contributed by atoms with E-state index in [9.17, 15) is 14.4 Å². The maximum atomic E-state index is 13.0. The second kappa shape index (κ2) is 11.0. The van der Waals surface area contributed by atoms with E-state index in [1.807, 2.05) is 29.6 Å². The quantitative estimate of drug-likeness (QED) is 0.533. The molecule has 3 N–H and O–H groups in total. The molecule has 0 unspecified atom stereocenters. The Balaban J connectivity index is 1.45. The topological polar surface area (TPSA) is 106 Å². The standard InChI is InChI=1S/C25H27N3O5S/c1-32-16-9-10-18-21(14-16)33-13-12-27-25(31)20(7-4-5-11-26-23(18)29)28-24(30)19-15-34-22-8-3-2-6-17(19)22/h2-3,6,8-10,14-15,20H,4-5,7,11-13H2,1H3,(H,26,29)(H,27,31)(H,28,30)/t20-/m0/s1. The zero-order valence-electron chi connectivity index (χ0n) is 18.9. The van der Waals surface area contributed by atoms with E-state index in [0.717, 1.165) is 10.1 Å². The third-order valence-corrected chi connectivity index (χ3v) is 6.61. The fraction of sp³-hybridized carbons (Fsp3) is 0.320. The average Bonchev–Trinajstić information content (AvgIpc) is 3.29. The van der Waals surface area contributed by atoms with Crippen molar-refractivity contribution in [3.63, 3.8) is 0 Å². The van der Waals surface area contributed by atoms with Crippen LogP contribution in [-0.4, -0.2) is 50.6 Å². The molecule has 9 heteroatoms. The number of ether oxygens (including phenoxy) is 2. The van der Waals surface area contributed by atoms with E-state index in [1.165, 1.54) is 11.3 Å². The summed E-state index contributed by atoms with van der Waals surface area (Å²) in [6.07, 6.45) is 1.79. The van der Waals surface area contributed by atoms with Gasteiger partial charge in [0.2, 0.25) is 5.91 Å². The largest absolute Gasteiger partial charge is 0.497 e. The minimum Gasteiger partial charge on any atom is -0.497 e. The number of amides is 3. The lowest BCUT2D eigenvalue weighted by Crippen LogP contribution is -2.47. The van der Waals surface area contributed by atoms with Crippen LogP contribution in [0.3, 0.4) is 0 Å². The molecule has 8 nitrogen and oxygen atoms in total. The molecule has 1 aromatic heterocycles. The predicted octanol–water partition coefficient (Wildman–Crippen LogP) is 3.12. The fourth-order valence-corrected chi connectivity index (χ4v) is 4.77. The summed E-state index contributed by atoms with van der Waals surface area (Å²) in [5.74, 6) is 0.193. The zero-order chi connectivity index (χ0) is 23.9. The predicted molar refractivity (Wildman–Crippen MR) is 131 cm³/mol. The second-order valence-corrected chi connectivity index (χ2v) is 8.84. The monoisotopic (exact) mass is 481 g/mol. The summed E-state index contributed by atoms with van der Waals surface area (Å²) in [6.45, 7) is 0.835. The first-order valence-corrected chi connectivity index (χ1v) is 12.1. The van der Waals surface area contributed by atoms with Crippen molar-refractivity contribution in [2.75, 3.05) is 26.8 Å². The lowest BCUT2D eigenvalue weighted by atomic mass is 10.1. The van der Waals surface area contributed by atoms with Crippen LogP contribution in [0.25, 0.3) is 10.1 Å². The maximum absolute atomic E-state index is 13.0. The van der Waals surface area contributed by atoms with Crippen LogP contribution in [0.4, 0.5) is 0 Å². The van der Waals surface area contributed by atoms with E-state index >= 15 is 0 Å². The minimum absolute atomic E-state index is 0.162. The van der Waals surface area contributed by atoms with Gasteiger partial charge in [0.25, 0.3) is 11.8 Å². The summed E-state index contributed by atoms with van der Waals surface area (Å²) in [6, 6.07) is 12.0. The Kier molecular flexibility index (Phi) is 7.64. The molecule has 4 rings (SSSR count). The summed E-state index contributed by atoms with van der Waals surface area (Å²) >= 11 is 1.50. The molecule has 0 saturated heterocycles. The van der Waals surface area contributed by atoms with Crippen molar-refractivity contribution in [2.24, 2.45) is 0 Å². The van der Waals surface area contributed by atoms with Crippen LogP contribution in [0.5, 0.6) is 11.5 Å². The number of carbonyl (C=O) groups is 3. The second-order valence-electron chi connectivity index (χ2n) is 7.92. The molecule has 2 heterocycles. The van der Waals surface area contributed by atoms with Gasteiger partial charge in [-0.25, -0.2) is 0 Å². The number of carbonyl (C=O) groups excluding carboxylic acids is 3. The third kappa shape index (κ3) is 5.48. The minimum atomic E-state index is -0.683. The highest BCUT2D eigenvalue weighted by Crippen LogP contribution is 2.26. The molecule has 34 heavy (non-hydrogen) atoms. The van der Waals surface area contributed by atoms with Crippen molar-refractivity contribution in [1.29, 1.82) is 0 Å². The average molecular weight is 482 g/mol. The fourth-order valence-electron chi connectivity index (χ4n) is 3.82. The van der Waals surface area contributed by atoms with Crippen molar-refractivity contribution in [3.8, 4) is 11.5 Å². The Bertz CT molecular complexity index is 1190. The number of hydrogen-bond donors (Lipinski definition) is 3. The van der Waals surface area contributed by atoms with Crippen molar-refractivity contribution in [3.05, 3.63) is 59.0 Å². The highest BCUT2D eigenvalue weighted by molar-refractivity contribution is 7.17. The van der Waals surface area contributed by atoms with Crippen LogP contribution in [-0.2, 0) is 4.79 Å². The molecular formula is C25H27N3O5S. The number of methoxy groups -OCH3 is 1. The van der Waals surface area contributed by atoms with Gasteiger partial charge in [-0.2, -0.15) is 0 Å². The Morgan fingerprint density at radius 3 is 2.82 bits per heavy atom. The third-order valence-electron chi connectivity index (χ3n) is 5.64. The molecule has 1 atom stereocenters. The van der Waals surface area contributed by atoms with Gasteiger partial charge >= 0.3 is 0 Å². The van der Waals surface area contributed by atoms with E-state index in [1.54, 1.807) is 25.3 Å². The first kappa shape index (κ1) is 23.6. The van der Waals surface area contributed by atoms with E-state index in [0.29, 0.717) is 48.4 Å². The summed E-state index contributed by atoms with van der Waals surface area (Å²) < 4.78 is 12.0. The van der Waals surface area contributed by atoms with Crippen molar-refractivity contribution in [2.45, 2.75) is 25.3 Å². The molecule has 1 aliphatic heterocycles. The summed E-state index contributed by atoms with van der Waals surface area (Å²) in [5, 5.41) is 11.3. The highest BCUT2D eigenvalue weighted by atomic mass is 32.1. The zero-order valence-corrected chi connectivity index (χ0v) is 19.7. The molecule has 3 amide bonds. The van der Waals surface area contributed by atoms with Gasteiger partial charge in [-0.15, -0.1) is 11.3 Å². The molecule has 0 radical (unpaired) electrons. The number of hydrogen-bond acceptors (Lipinski definition) is 6. The van der Waals surface area contributed by atoms with Gasteiger partial charge in [0.15, 0.2) is 0 Å². The van der Waals surface area contributed by atoms with Gasteiger partial charge in [0, 0.05) is 28.1 Å². The number of fused-ring (bicyclic) bond motifs is 2. The lowest BCUT2D eigenvalue weighted by Gasteiger charge is -2.20. The van der Waals surface area contributed by atoms with Crippen molar-refractivity contribution in [1.82, 2.24) is 16.0 Å². The van der Waals surface area contributed by atoms with Crippen molar-refractivity contribution >= 4 is 39.1 Å². The Morgan fingerprint density at radius 1 is 1.12 bits per heavy atom. The van der Waals surface area contributed by atoms with Crippen LogP contribution >= 0.6 is 11.3 Å². The van der Waals surface area contributed by atoms with Crippen LogP contribution in [0.15, 0.2) is 47.8 Å². The van der Waals surface area contributed by atoms with Crippen LogP contribution in [0.2, 0.25) is 0 Å². The van der Waals surface area contributed by atoms with E-state index in [4.69, 9.17) is 9.47 Å². The van der Waals surface area contributed by atoms with E-state index < -0.39 is 6.04 Å². The number of benzene rings is 2. The van der Waals surface area contributed by atoms with Gasteiger partial charge in [-0.05, 0) is 37.5 Å². The molecule has 0 fully saturated rings. The molecule has 0 aliphatic carbocycles. The number of nitrogens with one attached hydrogen (secondary N) is 3. The van der Waals surface area contributed by atoms with Crippen molar-refractivity contribution < 1.29 is 23.9 Å². The number of thiophene rings is 1. The van der Waals surface area contributed by atoms with Gasteiger partial charge < -0.3 is 25.4 Å². The van der Waals surface area contributed by atoms with Gasteiger partial charge in [-0.3, -0.25) is 14.4 Å². The molecular weight excluding hydrogens is 454 g/mol. The molecule has 1 aliphatic rings. The van der Waals surface area contributed by atoms with Gasteiger partial charge in [0.05, 0.1) is 24.8 Å². The molecule has 178 valence electrons. The first-order chi connectivity index (χ1) is 16.6.